The molecule has 0 saturated heterocycles. The minimum absolute atomic E-state index is 0.0577. The average Bonchev–Trinajstić information content (AvgIpc) is 2.12. The van der Waals surface area contributed by atoms with E-state index in [9.17, 15) is 4.79 Å². The molecule has 0 aliphatic heterocycles. The highest BCUT2D eigenvalue weighted by Crippen LogP contribution is 1.97. The summed E-state index contributed by atoms with van der Waals surface area (Å²) in [5, 5.41) is 14.4. The predicted octanol–water partition coefficient (Wildman–Crippen LogP) is -0.269. The van der Waals surface area contributed by atoms with Crippen molar-refractivity contribution in [3.8, 4) is 0 Å². The molecule has 0 spiro atoms. The summed E-state index contributed by atoms with van der Waals surface area (Å²) in [5.74, 6) is 0.525. The molecule has 0 heterocycles. The van der Waals surface area contributed by atoms with Crippen LogP contribution in [0.2, 0.25) is 0 Å². The van der Waals surface area contributed by atoms with E-state index in [-0.39, 0.29) is 12.5 Å². The van der Waals surface area contributed by atoms with Gasteiger partial charge in [0.2, 0.25) is 5.91 Å². The smallest absolute Gasteiger partial charge is 0.221 e. The fourth-order valence-electron chi connectivity index (χ4n) is 0.998. The molecule has 0 bridgehead atoms. The summed E-state index contributed by atoms with van der Waals surface area (Å²) in [6.45, 7) is 3.87. The first-order chi connectivity index (χ1) is 6.20. The molecular weight excluding hydrogens is 168 g/mol. The minimum Gasteiger partial charge on any atom is -0.396 e. The van der Waals surface area contributed by atoms with Gasteiger partial charge in [0.1, 0.15) is 0 Å². The van der Waals surface area contributed by atoms with E-state index >= 15 is 0 Å². The number of nitrogens with one attached hydrogen (secondary N) is 2. The molecule has 3 N–H and O–H groups in total. The van der Waals surface area contributed by atoms with Gasteiger partial charge in [-0.3, -0.25) is 4.79 Å². The van der Waals surface area contributed by atoms with Crippen LogP contribution in [0.5, 0.6) is 0 Å². The van der Waals surface area contributed by atoms with Gasteiger partial charge < -0.3 is 15.7 Å². The zero-order valence-electron chi connectivity index (χ0n) is 8.47. The van der Waals surface area contributed by atoms with Gasteiger partial charge >= 0.3 is 0 Å². The topological polar surface area (TPSA) is 61.4 Å². The molecule has 13 heavy (non-hydrogen) atoms. The molecule has 0 aromatic heterocycles. The zero-order valence-corrected chi connectivity index (χ0v) is 8.47. The molecule has 0 aliphatic carbocycles. The Kier molecular flexibility index (Phi) is 7.63. The zero-order chi connectivity index (χ0) is 10.1. The Morgan fingerprint density at radius 1 is 1.54 bits per heavy atom. The Labute approximate surface area is 79.7 Å². The van der Waals surface area contributed by atoms with E-state index in [1.807, 2.05) is 0 Å². The Hall–Kier alpha value is -0.610. The first kappa shape index (κ1) is 12.4. The van der Waals surface area contributed by atoms with Crippen LogP contribution in [0.4, 0.5) is 0 Å². The van der Waals surface area contributed by atoms with Crippen LogP contribution in [0, 0.1) is 5.92 Å². The second kappa shape index (κ2) is 8.01. The Balaban J connectivity index is 3.20. The molecule has 0 fully saturated rings. The van der Waals surface area contributed by atoms with Crippen molar-refractivity contribution in [1.29, 1.82) is 0 Å². The van der Waals surface area contributed by atoms with Gasteiger partial charge in [-0.1, -0.05) is 6.92 Å². The Morgan fingerprint density at radius 3 is 2.77 bits per heavy atom. The number of hydrogen-bond donors (Lipinski definition) is 3. The molecule has 1 unspecified atom stereocenters. The lowest BCUT2D eigenvalue weighted by molar-refractivity contribution is -0.120. The first-order valence-corrected chi connectivity index (χ1v) is 4.72. The molecule has 0 radical (unpaired) electrons. The molecule has 0 aliphatic rings. The van der Waals surface area contributed by atoms with Crippen LogP contribution >= 0.6 is 0 Å². The van der Waals surface area contributed by atoms with Crippen LogP contribution in [0.3, 0.4) is 0 Å². The fraction of sp³-hybridized carbons (Fsp3) is 0.889. The average molecular weight is 188 g/mol. The van der Waals surface area contributed by atoms with Gasteiger partial charge in [0.05, 0.1) is 0 Å². The van der Waals surface area contributed by atoms with E-state index in [4.69, 9.17) is 5.11 Å². The molecular formula is C9H20N2O2. The van der Waals surface area contributed by atoms with Crippen LogP contribution in [-0.2, 0) is 4.79 Å². The second-order valence-corrected chi connectivity index (χ2v) is 3.24. The third kappa shape index (κ3) is 7.74. The first-order valence-electron chi connectivity index (χ1n) is 4.72. The molecule has 1 amide bonds. The summed E-state index contributed by atoms with van der Waals surface area (Å²) in [5.41, 5.74) is 0. The summed E-state index contributed by atoms with van der Waals surface area (Å²) in [6, 6.07) is 0. The third-order valence-electron chi connectivity index (χ3n) is 1.92. The molecule has 0 rings (SSSR count). The lowest BCUT2D eigenvalue weighted by atomic mass is 10.1. The van der Waals surface area contributed by atoms with Crippen molar-refractivity contribution in [3.63, 3.8) is 0 Å². The number of hydrogen-bond acceptors (Lipinski definition) is 3. The maximum absolute atomic E-state index is 10.8. The van der Waals surface area contributed by atoms with Gasteiger partial charge in [-0.25, -0.2) is 0 Å². The van der Waals surface area contributed by atoms with Crippen LogP contribution in [0.25, 0.3) is 0 Å². The van der Waals surface area contributed by atoms with Crippen LogP contribution in [-0.4, -0.2) is 37.8 Å². The van der Waals surface area contributed by atoms with Gasteiger partial charge in [0.15, 0.2) is 0 Å². The van der Waals surface area contributed by atoms with Crippen LogP contribution in [0.1, 0.15) is 19.8 Å². The van der Waals surface area contributed by atoms with Crippen molar-refractivity contribution in [2.75, 3.05) is 26.7 Å². The molecule has 0 saturated carbocycles. The van der Waals surface area contributed by atoms with Gasteiger partial charge in [0.25, 0.3) is 0 Å². The van der Waals surface area contributed by atoms with Crippen molar-refractivity contribution < 1.29 is 9.90 Å². The second-order valence-electron chi connectivity index (χ2n) is 3.24. The molecule has 0 aromatic carbocycles. The van der Waals surface area contributed by atoms with E-state index < -0.39 is 0 Å². The molecule has 1 atom stereocenters. The van der Waals surface area contributed by atoms with E-state index in [1.54, 1.807) is 7.05 Å². The monoisotopic (exact) mass is 188 g/mol. The minimum atomic E-state index is 0.0577. The SMILES string of the molecule is CNC(=O)CCNCC(C)CCO. The van der Waals surface area contributed by atoms with Gasteiger partial charge in [0, 0.05) is 26.6 Å². The Morgan fingerprint density at radius 2 is 2.23 bits per heavy atom. The lowest BCUT2D eigenvalue weighted by Gasteiger charge is -2.10. The number of aliphatic hydroxyl groups excluding tert-OH is 1. The largest absolute Gasteiger partial charge is 0.396 e. The number of aliphatic hydroxyl groups is 1. The van der Waals surface area contributed by atoms with Crippen molar-refractivity contribution in [2.24, 2.45) is 5.92 Å². The summed E-state index contributed by atoms with van der Waals surface area (Å²) < 4.78 is 0. The maximum Gasteiger partial charge on any atom is 0.221 e. The molecule has 4 nitrogen and oxygen atoms in total. The van der Waals surface area contributed by atoms with Crippen molar-refractivity contribution in [3.05, 3.63) is 0 Å². The summed E-state index contributed by atoms with van der Waals surface area (Å²) in [7, 11) is 1.64. The van der Waals surface area contributed by atoms with Crippen molar-refractivity contribution in [2.45, 2.75) is 19.8 Å². The molecule has 78 valence electrons. The molecule has 4 heteroatoms. The van der Waals surface area contributed by atoms with Gasteiger partial charge in [-0.05, 0) is 18.9 Å². The van der Waals surface area contributed by atoms with E-state index in [2.05, 4.69) is 17.6 Å². The number of carbonyl (C=O) groups excluding carboxylic acids is 1. The quantitative estimate of drug-likeness (QED) is 0.482. The highest BCUT2D eigenvalue weighted by molar-refractivity contribution is 5.75. The van der Waals surface area contributed by atoms with Gasteiger partial charge in [-0.15, -0.1) is 0 Å². The highest BCUT2D eigenvalue weighted by Gasteiger charge is 2.01. The number of amides is 1. The summed E-state index contributed by atoms with van der Waals surface area (Å²) in [4.78, 5) is 10.8. The van der Waals surface area contributed by atoms with E-state index in [0.29, 0.717) is 18.9 Å². The van der Waals surface area contributed by atoms with Crippen LogP contribution < -0.4 is 10.6 Å². The number of carbonyl (C=O) groups is 1. The summed E-state index contributed by atoms with van der Waals surface area (Å²) in [6.07, 6.45) is 1.33. The van der Waals surface area contributed by atoms with Crippen molar-refractivity contribution >= 4 is 5.91 Å². The standard InChI is InChI=1S/C9H20N2O2/c1-8(4-6-12)7-11-5-3-9(13)10-2/h8,11-12H,3-7H2,1-2H3,(H,10,13). The lowest BCUT2D eigenvalue weighted by Crippen LogP contribution is -2.27. The van der Waals surface area contributed by atoms with Gasteiger partial charge in [-0.2, -0.15) is 0 Å². The predicted molar refractivity (Wildman–Crippen MR) is 52.4 cm³/mol. The third-order valence-corrected chi connectivity index (χ3v) is 1.92. The fourth-order valence-corrected chi connectivity index (χ4v) is 0.998. The maximum atomic E-state index is 10.8. The van der Waals surface area contributed by atoms with Crippen molar-refractivity contribution in [1.82, 2.24) is 10.6 Å². The van der Waals surface area contributed by atoms with E-state index in [0.717, 1.165) is 13.0 Å². The number of rotatable bonds is 7. The summed E-state index contributed by atoms with van der Waals surface area (Å²) >= 11 is 0. The van der Waals surface area contributed by atoms with Crippen LogP contribution in [0.15, 0.2) is 0 Å². The Bertz CT molecular complexity index is 140. The normalized spacial score (nSPS) is 12.5. The molecule has 0 aromatic rings. The highest BCUT2D eigenvalue weighted by atomic mass is 16.3. The van der Waals surface area contributed by atoms with E-state index in [1.165, 1.54) is 0 Å².